The average Bonchev–Trinajstić information content (AvgIpc) is 3.30. The quantitative estimate of drug-likeness (QED) is 0.594. The lowest BCUT2D eigenvalue weighted by Gasteiger charge is -2.12. The van der Waals surface area contributed by atoms with E-state index in [2.05, 4.69) is 10.1 Å². The molecule has 1 fully saturated rings. The summed E-state index contributed by atoms with van der Waals surface area (Å²) in [6, 6.07) is 5.20. The molecule has 0 unspecified atom stereocenters. The fraction of sp³-hybridized carbons (Fsp3) is 0.353. The molecule has 0 saturated carbocycles. The summed E-state index contributed by atoms with van der Waals surface area (Å²) in [6.07, 6.45) is 5.21. The maximum atomic E-state index is 12.7. The Morgan fingerprint density at radius 2 is 2.08 bits per heavy atom. The predicted octanol–water partition coefficient (Wildman–Crippen LogP) is 0.575. The van der Waals surface area contributed by atoms with E-state index >= 15 is 0 Å². The fourth-order valence-corrected chi connectivity index (χ4v) is 2.87. The van der Waals surface area contributed by atoms with Crippen LogP contribution in [0.5, 0.6) is 5.88 Å². The summed E-state index contributed by atoms with van der Waals surface area (Å²) < 4.78 is 6.67. The molecule has 0 aliphatic carbocycles. The number of hydrazine groups is 1. The molecule has 3 rings (SSSR count). The molecule has 1 aliphatic rings. The highest BCUT2D eigenvalue weighted by Gasteiger charge is 2.24. The number of carbonyl (C=O) groups is 1. The van der Waals surface area contributed by atoms with E-state index in [-0.39, 0.29) is 5.91 Å². The third-order valence-electron chi connectivity index (χ3n) is 4.13. The van der Waals surface area contributed by atoms with Gasteiger partial charge in [0.2, 0.25) is 5.88 Å². The van der Waals surface area contributed by atoms with E-state index in [1.165, 1.54) is 5.01 Å². The van der Waals surface area contributed by atoms with Crippen molar-refractivity contribution in [3.05, 3.63) is 42.0 Å². The Bertz CT molecular complexity index is 805. The Labute approximate surface area is 151 Å². The number of hydrogen-bond acceptors (Lipinski definition) is 7. The van der Waals surface area contributed by atoms with Gasteiger partial charge in [0.25, 0.3) is 5.91 Å². The summed E-state index contributed by atoms with van der Waals surface area (Å²) in [5.41, 5.74) is 8.13. The van der Waals surface area contributed by atoms with Crippen LogP contribution in [-0.2, 0) is 0 Å². The number of rotatable bonds is 5. The predicted molar refractivity (Wildman–Crippen MR) is 97.2 cm³/mol. The van der Waals surface area contributed by atoms with E-state index in [1.807, 2.05) is 0 Å². The second-order valence-corrected chi connectivity index (χ2v) is 6.13. The molecule has 0 bridgehead atoms. The van der Waals surface area contributed by atoms with Crippen LogP contribution < -0.4 is 16.3 Å². The van der Waals surface area contributed by atoms with E-state index < -0.39 is 0 Å². The minimum Gasteiger partial charge on any atom is -0.481 e. The highest BCUT2D eigenvalue weighted by atomic mass is 16.5. The molecule has 1 amide bonds. The van der Waals surface area contributed by atoms with Crippen molar-refractivity contribution < 1.29 is 9.53 Å². The second kappa shape index (κ2) is 7.44. The maximum Gasteiger partial charge on any atom is 0.274 e. The standard InChI is InChI=1S/C17H23N7O2/c1-22(19)11-13(18)15-9-14(17(25)23-7-3-4-8-23)21-24(15)12-5-6-16(26-2)20-10-12/h5-6,9-11H,3-4,7-8,18-19H2,1-2H3/b13-11-. The Kier molecular flexibility index (Phi) is 5.08. The van der Waals surface area contributed by atoms with Gasteiger partial charge < -0.3 is 20.4 Å². The Morgan fingerprint density at radius 3 is 2.65 bits per heavy atom. The second-order valence-electron chi connectivity index (χ2n) is 6.13. The number of ether oxygens (including phenoxy) is 1. The summed E-state index contributed by atoms with van der Waals surface area (Å²) in [5.74, 6) is 6.05. The van der Waals surface area contributed by atoms with Gasteiger partial charge in [-0.3, -0.25) is 4.79 Å². The van der Waals surface area contributed by atoms with Crippen molar-refractivity contribution in [3.63, 3.8) is 0 Å². The van der Waals surface area contributed by atoms with Crippen LogP contribution in [0.3, 0.4) is 0 Å². The zero-order valence-corrected chi connectivity index (χ0v) is 14.9. The fourth-order valence-electron chi connectivity index (χ4n) is 2.87. The van der Waals surface area contributed by atoms with Crippen LogP contribution in [0.1, 0.15) is 29.0 Å². The van der Waals surface area contributed by atoms with Crippen molar-refractivity contribution >= 4 is 11.6 Å². The number of pyridine rings is 1. The summed E-state index contributed by atoms with van der Waals surface area (Å²) in [6.45, 7) is 1.50. The molecule has 1 saturated heterocycles. The first-order valence-corrected chi connectivity index (χ1v) is 8.34. The van der Waals surface area contributed by atoms with Gasteiger partial charge in [0.15, 0.2) is 5.69 Å². The number of aromatic nitrogens is 3. The third-order valence-corrected chi connectivity index (χ3v) is 4.13. The zero-order chi connectivity index (χ0) is 18.7. The first-order chi connectivity index (χ1) is 12.5. The van der Waals surface area contributed by atoms with E-state index in [0.29, 0.717) is 28.7 Å². The van der Waals surface area contributed by atoms with Gasteiger partial charge in [0.1, 0.15) is 0 Å². The average molecular weight is 357 g/mol. The molecule has 9 nitrogen and oxygen atoms in total. The van der Waals surface area contributed by atoms with Gasteiger partial charge in [0, 0.05) is 32.4 Å². The van der Waals surface area contributed by atoms with Gasteiger partial charge in [-0.15, -0.1) is 0 Å². The summed E-state index contributed by atoms with van der Waals surface area (Å²) in [4.78, 5) is 18.7. The largest absolute Gasteiger partial charge is 0.481 e. The van der Waals surface area contributed by atoms with Crippen LogP contribution in [0.4, 0.5) is 0 Å². The van der Waals surface area contributed by atoms with E-state index in [9.17, 15) is 4.79 Å². The molecule has 9 heteroatoms. The molecule has 138 valence electrons. The molecule has 0 aromatic carbocycles. The molecule has 0 radical (unpaired) electrons. The van der Waals surface area contributed by atoms with Crippen molar-refractivity contribution in [2.24, 2.45) is 11.6 Å². The van der Waals surface area contributed by atoms with Gasteiger partial charge in [-0.1, -0.05) is 0 Å². The van der Waals surface area contributed by atoms with Crippen LogP contribution in [0.2, 0.25) is 0 Å². The molecule has 4 N–H and O–H groups in total. The van der Waals surface area contributed by atoms with Gasteiger partial charge >= 0.3 is 0 Å². The number of nitrogens with zero attached hydrogens (tertiary/aromatic N) is 5. The maximum absolute atomic E-state index is 12.7. The van der Waals surface area contributed by atoms with Crippen molar-refractivity contribution in [1.82, 2.24) is 24.7 Å². The Hall–Kier alpha value is -3.07. The number of likely N-dealkylation sites (tertiary alicyclic amines) is 1. The Balaban J connectivity index is 2.03. The molecule has 26 heavy (non-hydrogen) atoms. The highest BCUT2D eigenvalue weighted by molar-refractivity contribution is 5.93. The van der Waals surface area contributed by atoms with Gasteiger partial charge in [-0.05, 0) is 25.0 Å². The number of nitrogens with two attached hydrogens (primary N) is 2. The number of hydrogen-bond donors (Lipinski definition) is 2. The molecular formula is C17H23N7O2. The topological polar surface area (TPSA) is 116 Å². The summed E-state index contributed by atoms with van der Waals surface area (Å²) in [7, 11) is 3.21. The molecule has 2 aromatic heterocycles. The molecule has 2 aromatic rings. The minimum absolute atomic E-state index is 0.0992. The van der Waals surface area contributed by atoms with Gasteiger partial charge in [0.05, 0.1) is 30.4 Å². The smallest absolute Gasteiger partial charge is 0.274 e. The van der Waals surface area contributed by atoms with E-state index in [4.69, 9.17) is 16.3 Å². The number of carbonyl (C=O) groups excluding carboxylic acids is 1. The van der Waals surface area contributed by atoms with Crippen molar-refractivity contribution in [2.45, 2.75) is 12.8 Å². The lowest BCUT2D eigenvalue weighted by molar-refractivity contribution is 0.0786. The SMILES string of the molecule is COc1ccc(-n2nc(C(=O)N3CCCC3)cc2/C(N)=C/N(C)N)cn1. The number of amides is 1. The highest BCUT2D eigenvalue weighted by Crippen LogP contribution is 2.20. The lowest BCUT2D eigenvalue weighted by Crippen LogP contribution is -2.28. The third kappa shape index (κ3) is 3.62. The lowest BCUT2D eigenvalue weighted by atomic mass is 10.2. The van der Waals surface area contributed by atoms with E-state index in [1.54, 1.807) is 54.3 Å². The van der Waals surface area contributed by atoms with Crippen molar-refractivity contribution in [2.75, 3.05) is 27.2 Å². The minimum atomic E-state index is -0.0992. The van der Waals surface area contributed by atoms with E-state index in [0.717, 1.165) is 25.9 Å². The van der Waals surface area contributed by atoms with Crippen LogP contribution in [0.25, 0.3) is 11.4 Å². The molecule has 3 heterocycles. The first kappa shape index (κ1) is 17.7. The summed E-state index contributed by atoms with van der Waals surface area (Å²) >= 11 is 0. The van der Waals surface area contributed by atoms with Crippen LogP contribution in [-0.4, -0.2) is 57.8 Å². The van der Waals surface area contributed by atoms with Crippen molar-refractivity contribution in [1.29, 1.82) is 0 Å². The summed E-state index contributed by atoms with van der Waals surface area (Å²) in [5, 5.41) is 5.82. The molecular weight excluding hydrogens is 334 g/mol. The van der Waals surface area contributed by atoms with Crippen LogP contribution in [0, 0.1) is 0 Å². The monoisotopic (exact) mass is 357 g/mol. The first-order valence-electron chi connectivity index (χ1n) is 8.34. The molecule has 0 spiro atoms. The van der Waals surface area contributed by atoms with Crippen LogP contribution >= 0.6 is 0 Å². The Morgan fingerprint density at radius 1 is 1.35 bits per heavy atom. The normalized spacial score (nSPS) is 14.6. The van der Waals surface area contributed by atoms with Crippen LogP contribution in [0.15, 0.2) is 30.6 Å². The van der Waals surface area contributed by atoms with Gasteiger partial charge in [-0.25, -0.2) is 15.5 Å². The molecule has 1 aliphatic heterocycles. The van der Waals surface area contributed by atoms with Gasteiger partial charge in [-0.2, -0.15) is 5.10 Å². The zero-order valence-electron chi connectivity index (χ0n) is 14.9. The van der Waals surface area contributed by atoms with Crippen molar-refractivity contribution in [3.8, 4) is 11.6 Å². The number of methoxy groups -OCH3 is 1. The molecule has 0 atom stereocenters.